The molecule has 0 saturated heterocycles. The van der Waals surface area contributed by atoms with Crippen molar-refractivity contribution in [2.24, 2.45) is 35.5 Å². The number of hydrogen-bond acceptors (Lipinski definition) is 7. The third-order valence-corrected chi connectivity index (χ3v) is 15.5. The lowest BCUT2D eigenvalue weighted by Crippen LogP contribution is -2.29. The van der Waals surface area contributed by atoms with Crippen molar-refractivity contribution in [1.82, 2.24) is 0 Å². The highest BCUT2D eigenvalue weighted by molar-refractivity contribution is 5.90. The second kappa shape index (κ2) is 23.3. The summed E-state index contributed by atoms with van der Waals surface area (Å²) < 4.78 is 17.5. The third kappa shape index (κ3) is 11.8. The molecule has 8 rings (SSSR count). The summed E-state index contributed by atoms with van der Waals surface area (Å²) in [5.74, 6) is 4.32. The standard InChI is InChI=1S/C35H42O4.C22H34O3/c1-3-4-6-13-29(36)19-20-30-31-21-27-12-9-14-33(38-2)32(27)22-28(31)23-34(30)39-35(37)26-17-15-25(16-18-26)24-10-7-5-8-11-24;1-3-4-5-8-17(23)10-11-18-19-12-15-7-6-9-22(25-2)20(15)13-16(19)14-21(18)24/h5,7-12,14-18,28-31,34,36H,3-4,6,13,19-23H2,1-2H3;6-7,9,16-19,21,23-24H,3-5,8,10-14H2,1-2H3/t28-,29-,30+,31-,34+;16-,17-,18+,19-,21+/m00/s1. The highest BCUT2D eigenvalue weighted by atomic mass is 16.5. The van der Waals surface area contributed by atoms with Crippen molar-refractivity contribution in [2.45, 2.75) is 154 Å². The van der Waals surface area contributed by atoms with E-state index in [9.17, 15) is 20.1 Å². The van der Waals surface area contributed by atoms with Crippen LogP contribution in [0.25, 0.3) is 11.1 Å². The first kappa shape index (κ1) is 47.8. The molecule has 4 aliphatic rings. The quantitative estimate of drug-likeness (QED) is 0.0636. The van der Waals surface area contributed by atoms with E-state index in [1.807, 2.05) is 42.5 Å². The molecule has 0 aliphatic heterocycles. The van der Waals surface area contributed by atoms with E-state index >= 15 is 0 Å². The van der Waals surface area contributed by atoms with Gasteiger partial charge in [-0.25, -0.2) is 4.79 Å². The van der Waals surface area contributed by atoms with Gasteiger partial charge in [-0.3, -0.25) is 0 Å². The molecule has 3 N–H and O–H groups in total. The van der Waals surface area contributed by atoms with E-state index in [4.69, 9.17) is 14.2 Å². The molecule has 0 bridgehead atoms. The number of carbonyl (C=O) groups is 1. The Bertz CT molecular complexity index is 2050. The van der Waals surface area contributed by atoms with Gasteiger partial charge in [0.25, 0.3) is 0 Å². The molecule has 4 aromatic carbocycles. The van der Waals surface area contributed by atoms with Crippen LogP contribution in [0.1, 0.15) is 136 Å². The fraction of sp³-hybridized carbons (Fsp3) is 0.561. The van der Waals surface area contributed by atoms with Crippen molar-refractivity contribution in [3.63, 3.8) is 0 Å². The Kier molecular flexibility index (Phi) is 17.4. The van der Waals surface area contributed by atoms with Crippen LogP contribution < -0.4 is 9.47 Å². The smallest absolute Gasteiger partial charge is 0.338 e. The summed E-state index contributed by atoms with van der Waals surface area (Å²) in [6, 6.07) is 30.6. The van der Waals surface area contributed by atoms with Crippen LogP contribution in [0, 0.1) is 35.5 Å². The van der Waals surface area contributed by atoms with E-state index in [1.54, 1.807) is 14.2 Å². The van der Waals surface area contributed by atoms with Crippen LogP contribution in [0.3, 0.4) is 0 Å². The maximum atomic E-state index is 13.3. The minimum Gasteiger partial charge on any atom is -0.496 e. The SMILES string of the molecule is CCCCC[C@H](O)CC[C@@H]1[C@H]2Cc3cccc(OC)c3C[C@H]2C[C@H]1O.CCCCC[C@H](O)CC[C@@H]1[C@H]2Cc3cccc(OC)c3C[C@H]2C[C@H]1OC(=O)c1ccc(-c2ccccc2)cc1. The summed E-state index contributed by atoms with van der Waals surface area (Å²) in [6.07, 6.45) is 17.0. The highest BCUT2D eigenvalue weighted by Gasteiger charge is 2.48. The van der Waals surface area contributed by atoms with Crippen molar-refractivity contribution in [1.29, 1.82) is 0 Å². The molecule has 0 spiro atoms. The van der Waals surface area contributed by atoms with Crippen LogP contribution in [-0.4, -0.2) is 59.9 Å². The summed E-state index contributed by atoms with van der Waals surface area (Å²) in [6.45, 7) is 4.38. The molecule has 7 heteroatoms. The van der Waals surface area contributed by atoms with Crippen LogP contribution in [-0.2, 0) is 30.4 Å². The maximum absolute atomic E-state index is 13.3. The number of rotatable bonds is 19. The molecule has 0 aromatic heterocycles. The second-order valence-electron chi connectivity index (χ2n) is 19.6. The summed E-state index contributed by atoms with van der Waals surface area (Å²) in [5, 5.41) is 31.6. The number of methoxy groups -OCH3 is 2. The Hall–Kier alpha value is -4.17. The minimum absolute atomic E-state index is 0.135. The molecule has 10 atom stereocenters. The molecule has 0 heterocycles. The first-order chi connectivity index (χ1) is 31.2. The highest BCUT2D eigenvalue weighted by Crippen LogP contribution is 2.50. The predicted molar refractivity (Wildman–Crippen MR) is 257 cm³/mol. The zero-order valence-electron chi connectivity index (χ0n) is 39.1. The van der Waals surface area contributed by atoms with Gasteiger partial charge in [0.05, 0.1) is 38.1 Å². The number of unbranched alkanes of at least 4 members (excludes halogenated alkanes) is 4. The Morgan fingerprint density at radius 3 is 1.66 bits per heavy atom. The molecule has 4 aromatic rings. The Morgan fingerprint density at radius 2 is 1.11 bits per heavy atom. The number of fused-ring (bicyclic) bond motifs is 4. The molecule has 7 nitrogen and oxygen atoms in total. The molecule has 2 fully saturated rings. The molecule has 2 saturated carbocycles. The van der Waals surface area contributed by atoms with Gasteiger partial charge in [-0.2, -0.15) is 0 Å². The monoisotopic (exact) mass is 873 g/mol. The summed E-state index contributed by atoms with van der Waals surface area (Å²) in [7, 11) is 3.49. The predicted octanol–water partition coefficient (Wildman–Crippen LogP) is 11.8. The second-order valence-corrected chi connectivity index (χ2v) is 19.6. The molecule has 4 aliphatic carbocycles. The van der Waals surface area contributed by atoms with Gasteiger partial charge in [0.2, 0.25) is 0 Å². The minimum atomic E-state index is -0.284. The van der Waals surface area contributed by atoms with Gasteiger partial charge in [0.1, 0.15) is 17.6 Å². The Balaban J connectivity index is 0.000000211. The summed E-state index contributed by atoms with van der Waals surface area (Å²) >= 11 is 0. The number of aliphatic hydroxyl groups excluding tert-OH is 3. The van der Waals surface area contributed by atoms with E-state index in [1.165, 1.54) is 35.1 Å². The summed E-state index contributed by atoms with van der Waals surface area (Å²) in [5.41, 5.74) is 8.20. The number of aliphatic hydroxyl groups is 3. The zero-order valence-corrected chi connectivity index (χ0v) is 39.1. The van der Waals surface area contributed by atoms with E-state index in [2.05, 4.69) is 62.4 Å². The van der Waals surface area contributed by atoms with Crippen molar-refractivity contribution >= 4 is 5.97 Å². The van der Waals surface area contributed by atoms with Gasteiger partial charge in [-0.15, -0.1) is 0 Å². The first-order valence-electron chi connectivity index (χ1n) is 24.9. The lowest BCUT2D eigenvalue weighted by atomic mass is 9.73. The Labute approximate surface area is 384 Å². The van der Waals surface area contributed by atoms with Crippen LogP contribution in [0.2, 0.25) is 0 Å². The van der Waals surface area contributed by atoms with Crippen LogP contribution in [0.15, 0.2) is 91.0 Å². The van der Waals surface area contributed by atoms with Gasteiger partial charge >= 0.3 is 5.97 Å². The van der Waals surface area contributed by atoms with Crippen molar-refractivity contribution in [3.05, 3.63) is 119 Å². The Morgan fingerprint density at radius 1 is 0.594 bits per heavy atom. The van der Waals surface area contributed by atoms with Gasteiger partial charge in [-0.05, 0) is 170 Å². The average Bonchev–Trinajstić information content (AvgIpc) is 3.82. The maximum Gasteiger partial charge on any atom is 0.338 e. The fourth-order valence-corrected chi connectivity index (χ4v) is 12.1. The first-order valence-corrected chi connectivity index (χ1v) is 24.9. The van der Waals surface area contributed by atoms with E-state index in [0.29, 0.717) is 35.2 Å². The molecule has 64 heavy (non-hydrogen) atoms. The van der Waals surface area contributed by atoms with Crippen molar-refractivity contribution in [2.75, 3.05) is 14.2 Å². The van der Waals surface area contributed by atoms with Crippen LogP contribution >= 0.6 is 0 Å². The largest absolute Gasteiger partial charge is 0.496 e. The topological polar surface area (TPSA) is 105 Å². The molecule has 0 unspecified atom stereocenters. The fourth-order valence-electron chi connectivity index (χ4n) is 12.1. The zero-order chi connectivity index (χ0) is 45.0. The number of hydrogen-bond donors (Lipinski definition) is 3. The van der Waals surface area contributed by atoms with E-state index < -0.39 is 0 Å². The van der Waals surface area contributed by atoms with Gasteiger partial charge in [0, 0.05) is 0 Å². The normalized spacial score (nSPS) is 25.1. The van der Waals surface area contributed by atoms with E-state index in [-0.39, 0.29) is 36.3 Å². The van der Waals surface area contributed by atoms with Crippen LogP contribution in [0.4, 0.5) is 0 Å². The van der Waals surface area contributed by atoms with Gasteiger partial charge in [-0.1, -0.05) is 119 Å². The summed E-state index contributed by atoms with van der Waals surface area (Å²) in [4.78, 5) is 13.3. The third-order valence-electron chi connectivity index (χ3n) is 15.5. The molecule has 0 amide bonds. The molecule has 0 radical (unpaired) electrons. The molecular weight excluding hydrogens is 797 g/mol. The number of carbonyl (C=O) groups excluding carboxylic acids is 1. The lowest BCUT2D eigenvalue weighted by Gasteiger charge is -2.32. The number of benzene rings is 4. The average molecular weight is 873 g/mol. The van der Waals surface area contributed by atoms with E-state index in [0.717, 1.165) is 125 Å². The van der Waals surface area contributed by atoms with Gasteiger partial charge < -0.3 is 29.5 Å². The van der Waals surface area contributed by atoms with Gasteiger partial charge in [0.15, 0.2) is 0 Å². The van der Waals surface area contributed by atoms with Crippen molar-refractivity contribution < 1.29 is 34.3 Å². The van der Waals surface area contributed by atoms with Crippen LogP contribution in [0.5, 0.6) is 11.5 Å². The lowest BCUT2D eigenvalue weighted by molar-refractivity contribution is 0.0137. The number of esters is 1. The molecular formula is C57H76O7. The molecule has 346 valence electrons. The van der Waals surface area contributed by atoms with Crippen molar-refractivity contribution in [3.8, 4) is 22.6 Å². The number of ether oxygens (including phenoxy) is 3.